The van der Waals surface area contributed by atoms with E-state index < -0.39 is 19.8 Å². The van der Waals surface area contributed by atoms with Crippen LogP contribution in [0.3, 0.4) is 0 Å². The predicted molar refractivity (Wildman–Crippen MR) is 92.7 cm³/mol. The second-order valence-electron chi connectivity index (χ2n) is 5.59. The van der Waals surface area contributed by atoms with Crippen molar-refractivity contribution >= 4 is 19.8 Å². The standard InChI is InChI=1S/C6H5F.3C4H9.Sn.H/c7-6-4-2-1-3-5-6;3*1-3-4-2;;/h1-5H;3*1,3-4H2,2H3;;. The average Bonchev–Trinajstić information content (AvgIpc) is 2.48. The van der Waals surface area contributed by atoms with Gasteiger partial charge in [0.1, 0.15) is 5.82 Å². The third kappa shape index (κ3) is 13.0. The van der Waals surface area contributed by atoms with E-state index in [0.717, 1.165) is 0 Å². The molecule has 0 bridgehead atoms. The molecule has 0 aliphatic heterocycles. The normalized spacial score (nSPS) is 10.2. The zero-order chi connectivity index (χ0) is 15.1. The summed E-state index contributed by atoms with van der Waals surface area (Å²) >= 11 is -0.967. The van der Waals surface area contributed by atoms with Crippen molar-refractivity contribution in [3.05, 3.63) is 36.1 Å². The van der Waals surface area contributed by atoms with Crippen molar-refractivity contribution in [1.29, 1.82) is 0 Å². The Morgan fingerprint density at radius 1 is 0.750 bits per heavy atom. The Kier molecular flexibility index (Phi) is 15.3. The van der Waals surface area contributed by atoms with E-state index in [1.807, 2.05) is 0 Å². The van der Waals surface area contributed by atoms with Gasteiger partial charge >= 0.3 is 92.4 Å². The zero-order valence-electron chi connectivity index (χ0n) is 13.7. The average molecular weight is 387 g/mol. The molecule has 2 heteroatoms. The van der Waals surface area contributed by atoms with Crippen LogP contribution in [0.4, 0.5) is 4.39 Å². The van der Waals surface area contributed by atoms with Crippen molar-refractivity contribution in [2.24, 2.45) is 0 Å². The Morgan fingerprint density at radius 3 is 1.40 bits per heavy atom. The van der Waals surface area contributed by atoms with Crippen LogP contribution in [0.5, 0.6) is 0 Å². The van der Waals surface area contributed by atoms with Crippen LogP contribution in [0.25, 0.3) is 0 Å². The number of halogens is 1. The molecule has 1 rings (SSSR count). The molecule has 0 N–H and O–H groups in total. The topological polar surface area (TPSA) is 0 Å². The number of benzene rings is 1. The summed E-state index contributed by atoms with van der Waals surface area (Å²) in [5, 5.41) is 0. The van der Waals surface area contributed by atoms with Gasteiger partial charge in [-0.05, 0) is 12.1 Å². The van der Waals surface area contributed by atoms with E-state index in [1.54, 1.807) is 31.5 Å². The minimum absolute atomic E-state index is 0.178. The van der Waals surface area contributed by atoms with Gasteiger partial charge in [-0.2, -0.15) is 0 Å². The van der Waals surface area contributed by atoms with Gasteiger partial charge in [0.25, 0.3) is 0 Å². The van der Waals surface area contributed by atoms with Gasteiger partial charge in [0, 0.05) is 0 Å². The third-order valence-electron chi connectivity index (χ3n) is 3.63. The van der Waals surface area contributed by atoms with Gasteiger partial charge in [0.05, 0.1) is 0 Å². The van der Waals surface area contributed by atoms with Crippen LogP contribution in [-0.4, -0.2) is 19.8 Å². The molecule has 0 atom stereocenters. The smallest absolute Gasteiger partial charge is 0.123 e. The molecular weight excluding hydrogens is 354 g/mol. The number of hydrogen-bond acceptors (Lipinski definition) is 0. The molecule has 0 aliphatic carbocycles. The second kappa shape index (κ2) is 15.3. The first-order chi connectivity index (χ1) is 9.74. The maximum Gasteiger partial charge on any atom is 0.123 e. The molecule has 0 nitrogen and oxygen atoms in total. The first-order valence-electron chi connectivity index (χ1n) is 8.45. The molecule has 1 aromatic rings. The van der Waals surface area contributed by atoms with Crippen LogP contribution in [0.1, 0.15) is 59.3 Å². The largest absolute Gasteiger partial charge is 0.207 e. The summed E-state index contributed by atoms with van der Waals surface area (Å²) in [5.74, 6) is -0.178. The summed E-state index contributed by atoms with van der Waals surface area (Å²) in [5.41, 5.74) is 0. The Bertz CT molecular complexity index is 268. The molecule has 0 saturated heterocycles. The number of unbranched alkanes of at least 4 members (excludes halogenated alkanes) is 3. The monoisotopic (exact) mass is 388 g/mol. The Hall–Kier alpha value is -0.0513. The van der Waals surface area contributed by atoms with Crippen molar-refractivity contribution in [2.45, 2.75) is 72.6 Å². The molecule has 20 heavy (non-hydrogen) atoms. The summed E-state index contributed by atoms with van der Waals surface area (Å²) < 4.78 is 17.0. The Morgan fingerprint density at radius 2 is 1.15 bits per heavy atom. The van der Waals surface area contributed by atoms with Gasteiger partial charge in [-0.1, -0.05) is 18.2 Å². The minimum atomic E-state index is -0.967. The summed E-state index contributed by atoms with van der Waals surface area (Å²) in [4.78, 5) is 0. The van der Waals surface area contributed by atoms with Crippen molar-refractivity contribution in [1.82, 2.24) is 0 Å². The van der Waals surface area contributed by atoms with Gasteiger partial charge in [-0.25, -0.2) is 4.39 Å². The molecule has 0 amide bonds. The molecule has 116 valence electrons. The van der Waals surface area contributed by atoms with E-state index >= 15 is 0 Å². The van der Waals surface area contributed by atoms with Crippen LogP contribution in [0, 0.1) is 5.82 Å². The zero-order valence-corrected chi connectivity index (χ0v) is 17.0. The quantitative estimate of drug-likeness (QED) is 0.428. The summed E-state index contributed by atoms with van der Waals surface area (Å²) in [6, 6.07) is 7.94. The van der Waals surface area contributed by atoms with E-state index in [2.05, 4.69) is 20.8 Å². The number of hydrogen-bond donors (Lipinski definition) is 0. The van der Waals surface area contributed by atoms with E-state index in [1.165, 1.54) is 50.7 Å². The fraction of sp³-hybridized carbons (Fsp3) is 0.667. The van der Waals surface area contributed by atoms with Gasteiger partial charge < -0.3 is 0 Å². The SMILES string of the molecule is CCC[CH2][SnH]([CH2]CCC)[CH2]CCC.Fc1ccccc1. The van der Waals surface area contributed by atoms with Gasteiger partial charge in [-0.15, -0.1) is 0 Å². The van der Waals surface area contributed by atoms with Crippen LogP contribution in [0.15, 0.2) is 30.3 Å². The van der Waals surface area contributed by atoms with Crippen molar-refractivity contribution in [3.63, 3.8) is 0 Å². The van der Waals surface area contributed by atoms with Gasteiger partial charge in [-0.3, -0.25) is 0 Å². The predicted octanol–water partition coefficient (Wildman–Crippen LogP) is 6.44. The fourth-order valence-corrected chi connectivity index (χ4v) is 13.2. The van der Waals surface area contributed by atoms with Crippen LogP contribution in [0.2, 0.25) is 13.3 Å². The molecule has 1 aromatic carbocycles. The minimum Gasteiger partial charge on any atom is -0.207 e. The van der Waals surface area contributed by atoms with Crippen LogP contribution >= 0.6 is 0 Å². The van der Waals surface area contributed by atoms with Gasteiger partial charge in [0.15, 0.2) is 0 Å². The van der Waals surface area contributed by atoms with E-state index in [4.69, 9.17) is 0 Å². The van der Waals surface area contributed by atoms with Crippen LogP contribution < -0.4 is 0 Å². The summed E-state index contributed by atoms with van der Waals surface area (Å²) in [6.07, 6.45) is 8.87. The molecule has 0 spiro atoms. The third-order valence-corrected chi connectivity index (χ3v) is 14.1. The number of rotatable bonds is 9. The molecule has 0 heterocycles. The van der Waals surface area contributed by atoms with Crippen LogP contribution in [-0.2, 0) is 0 Å². The molecule has 0 aromatic heterocycles. The first-order valence-corrected chi connectivity index (χ1v) is 15.4. The van der Waals surface area contributed by atoms with E-state index in [-0.39, 0.29) is 5.82 Å². The summed E-state index contributed by atoms with van der Waals surface area (Å²) in [6.45, 7) is 7.01. The first kappa shape index (κ1) is 19.9. The molecule has 0 radical (unpaired) electrons. The maximum atomic E-state index is 11.9. The van der Waals surface area contributed by atoms with E-state index in [9.17, 15) is 4.39 Å². The molecule has 0 aliphatic rings. The molecule has 0 fully saturated rings. The molecular formula is C18H33FSn. The van der Waals surface area contributed by atoms with E-state index in [0.29, 0.717) is 0 Å². The Labute approximate surface area is 132 Å². The second-order valence-corrected chi connectivity index (χ2v) is 15.5. The Balaban J connectivity index is 0.000000428. The summed E-state index contributed by atoms with van der Waals surface area (Å²) in [7, 11) is 0. The molecule has 0 unspecified atom stereocenters. The van der Waals surface area contributed by atoms with Crippen molar-refractivity contribution in [2.75, 3.05) is 0 Å². The van der Waals surface area contributed by atoms with Crippen molar-refractivity contribution in [3.8, 4) is 0 Å². The van der Waals surface area contributed by atoms with Crippen molar-refractivity contribution < 1.29 is 4.39 Å². The van der Waals surface area contributed by atoms with Gasteiger partial charge in [0.2, 0.25) is 0 Å². The molecule has 0 saturated carbocycles. The maximum absolute atomic E-state index is 11.9. The fourth-order valence-electron chi connectivity index (χ4n) is 2.33.